The molecule has 7 nitrogen and oxygen atoms in total. The summed E-state index contributed by atoms with van der Waals surface area (Å²) < 4.78 is 0. The molecule has 1 saturated heterocycles. The summed E-state index contributed by atoms with van der Waals surface area (Å²) in [6.07, 6.45) is 5.40. The van der Waals surface area contributed by atoms with E-state index < -0.39 is 10.8 Å². The number of piperidine rings is 1. The first kappa shape index (κ1) is 15.4. The molecule has 1 aliphatic heterocycles. The van der Waals surface area contributed by atoms with Crippen molar-refractivity contribution in [3.63, 3.8) is 0 Å². The van der Waals surface area contributed by atoms with E-state index in [9.17, 15) is 14.9 Å². The van der Waals surface area contributed by atoms with Crippen molar-refractivity contribution in [3.8, 4) is 0 Å². The van der Waals surface area contributed by atoms with Gasteiger partial charge in [-0.05, 0) is 31.4 Å². The summed E-state index contributed by atoms with van der Waals surface area (Å²) in [5.74, 6) is 0.0391. The zero-order valence-electron chi connectivity index (χ0n) is 12.4. The Morgan fingerprint density at radius 1 is 1.30 bits per heavy atom. The van der Waals surface area contributed by atoms with Gasteiger partial charge in [0.15, 0.2) is 0 Å². The van der Waals surface area contributed by atoms with Crippen molar-refractivity contribution < 1.29 is 9.72 Å². The van der Waals surface area contributed by atoms with Crippen LogP contribution in [0.3, 0.4) is 0 Å². The highest BCUT2D eigenvalue weighted by Gasteiger charge is 2.16. The third-order valence-electron chi connectivity index (χ3n) is 3.74. The lowest BCUT2D eigenvalue weighted by Gasteiger charge is -2.28. The number of hydrogen-bond donors (Lipinski definition) is 1. The van der Waals surface area contributed by atoms with Gasteiger partial charge >= 0.3 is 5.00 Å². The van der Waals surface area contributed by atoms with Crippen LogP contribution in [-0.2, 0) is 0 Å². The van der Waals surface area contributed by atoms with Crippen LogP contribution in [0.1, 0.15) is 29.6 Å². The van der Waals surface area contributed by atoms with Crippen molar-refractivity contribution >= 4 is 33.8 Å². The second-order valence-electron chi connectivity index (χ2n) is 5.33. The second-order valence-corrected chi connectivity index (χ2v) is 6.22. The normalized spacial score (nSPS) is 14.5. The molecule has 0 radical (unpaired) electrons. The molecule has 1 amide bonds. The molecule has 1 aliphatic rings. The lowest BCUT2D eigenvalue weighted by atomic mass is 10.1. The zero-order valence-corrected chi connectivity index (χ0v) is 13.2. The number of hydrogen-bond acceptors (Lipinski definition) is 6. The van der Waals surface area contributed by atoms with Gasteiger partial charge in [0.25, 0.3) is 5.91 Å². The molecular weight excluding hydrogens is 316 g/mol. The van der Waals surface area contributed by atoms with Gasteiger partial charge < -0.3 is 10.2 Å². The number of thiophene rings is 1. The van der Waals surface area contributed by atoms with E-state index >= 15 is 0 Å². The fraction of sp³-hybridized carbons (Fsp3) is 0.333. The first-order chi connectivity index (χ1) is 11.1. The maximum absolute atomic E-state index is 12.1. The average molecular weight is 332 g/mol. The van der Waals surface area contributed by atoms with Gasteiger partial charge in [-0.25, -0.2) is 4.98 Å². The van der Waals surface area contributed by atoms with Gasteiger partial charge in [-0.15, -0.1) is 0 Å². The third kappa shape index (κ3) is 3.65. The number of aromatic nitrogens is 1. The van der Waals surface area contributed by atoms with Crippen LogP contribution in [0, 0.1) is 10.1 Å². The Morgan fingerprint density at radius 2 is 2.09 bits per heavy atom. The highest BCUT2D eigenvalue weighted by Crippen LogP contribution is 2.24. The molecule has 2 aromatic rings. The fourth-order valence-corrected chi connectivity index (χ4v) is 3.23. The molecule has 0 aliphatic carbocycles. The number of amides is 1. The van der Waals surface area contributed by atoms with Crippen LogP contribution < -0.4 is 10.2 Å². The molecule has 1 fully saturated rings. The molecule has 0 spiro atoms. The van der Waals surface area contributed by atoms with Crippen LogP contribution in [-0.4, -0.2) is 28.9 Å². The molecule has 0 atom stereocenters. The molecular formula is C15H16N4O3S. The molecule has 120 valence electrons. The molecule has 0 saturated carbocycles. The van der Waals surface area contributed by atoms with Crippen molar-refractivity contribution in [1.82, 2.24) is 4.98 Å². The predicted molar refractivity (Wildman–Crippen MR) is 89.2 cm³/mol. The van der Waals surface area contributed by atoms with Gasteiger partial charge in [-0.2, -0.15) is 0 Å². The standard InChI is InChI=1S/C15H16N4O3S/c20-15(11-8-14(19(21)22)23-10-11)17-13-5-4-12(9-16-13)18-6-2-1-3-7-18/h4-5,8-10H,1-3,6-7H2,(H,16,17,20). The third-order valence-corrected chi connectivity index (χ3v) is 4.62. The summed E-state index contributed by atoms with van der Waals surface area (Å²) in [6, 6.07) is 4.95. The minimum Gasteiger partial charge on any atom is -0.370 e. The smallest absolute Gasteiger partial charge is 0.324 e. The van der Waals surface area contributed by atoms with Gasteiger partial charge in [0.2, 0.25) is 0 Å². The minimum atomic E-state index is -0.507. The van der Waals surface area contributed by atoms with Gasteiger partial charge in [0.1, 0.15) is 5.82 Å². The van der Waals surface area contributed by atoms with Crippen molar-refractivity contribution in [2.75, 3.05) is 23.3 Å². The van der Waals surface area contributed by atoms with E-state index in [1.54, 1.807) is 12.3 Å². The second kappa shape index (κ2) is 6.74. The highest BCUT2D eigenvalue weighted by atomic mass is 32.1. The number of carbonyl (C=O) groups excluding carboxylic acids is 1. The van der Waals surface area contributed by atoms with Crippen LogP contribution in [0.25, 0.3) is 0 Å². The average Bonchev–Trinajstić information content (AvgIpc) is 3.07. The minimum absolute atomic E-state index is 0.0523. The van der Waals surface area contributed by atoms with Crippen molar-refractivity contribution in [1.29, 1.82) is 0 Å². The monoisotopic (exact) mass is 332 g/mol. The van der Waals surface area contributed by atoms with E-state index in [0.717, 1.165) is 30.1 Å². The zero-order chi connectivity index (χ0) is 16.2. The van der Waals surface area contributed by atoms with E-state index in [1.807, 2.05) is 6.07 Å². The van der Waals surface area contributed by atoms with Gasteiger partial charge in [0, 0.05) is 24.5 Å². The Labute approximate surface area is 137 Å². The van der Waals surface area contributed by atoms with Crippen LogP contribution in [0.4, 0.5) is 16.5 Å². The molecule has 8 heteroatoms. The number of rotatable bonds is 4. The molecule has 1 N–H and O–H groups in total. The van der Waals surface area contributed by atoms with Crippen LogP contribution in [0.15, 0.2) is 29.8 Å². The maximum atomic E-state index is 12.1. The Kier molecular flexibility index (Phi) is 4.52. The van der Waals surface area contributed by atoms with E-state index in [4.69, 9.17) is 0 Å². The molecule has 0 bridgehead atoms. The number of nitrogens with one attached hydrogen (secondary N) is 1. The molecule has 3 heterocycles. The summed E-state index contributed by atoms with van der Waals surface area (Å²) in [6.45, 7) is 2.07. The topological polar surface area (TPSA) is 88.4 Å². The van der Waals surface area contributed by atoms with Gasteiger partial charge in [-0.1, -0.05) is 11.3 Å². The molecule has 23 heavy (non-hydrogen) atoms. The summed E-state index contributed by atoms with van der Waals surface area (Å²) in [5.41, 5.74) is 1.32. The Hall–Kier alpha value is -2.48. The Balaban J connectivity index is 1.65. The van der Waals surface area contributed by atoms with E-state index in [2.05, 4.69) is 15.2 Å². The van der Waals surface area contributed by atoms with Crippen LogP contribution in [0.2, 0.25) is 0 Å². The molecule has 0 unspecified atom stereocenters. The number of anilines is 2. The predicted octanol–water partition coefficient (Wildman–Crippen LogP) is 3.29. The van der Waals surface area contributed by atoms with E-state index in [1.165, 1.54) is 30.7 Å². The highest BCUT2D eigenvalue weighted by molar-refractivity contribution is 7.13. The Bertz CT molecular complexity index is 708. The number of pyridine rings is 1. The summed E-state index contributed by atoms with van der Waals surface area (Å²) in [5, 5.41) is 14.7. The summed E-state index contributed by atoms with van der Waals surface area (Å²) in [7, 11) is 0. The Morgan fingerprint density at radius 3 is 2.70 bits per heavy atom. The van der Waals surface area contributed by atoms with Crippen molar-refractivity contribution in [3.05, 3.63) is 45.5 Å². The van der Waals surface area contributed by atoms with Crippen LogP contribution in [0.5, 0.6) is 0 Å². The number of carbonyl (C=O) groups is 1. The first-order valence-electron chi connectivity index (χ1n) is 7.39. The summed E-state index contributed by atoms with van der Waals surface area (Å²) >= 11 is 0.931. The SMILES string of the molecule is O=C(Nc1ccc(N2CCCCC2)cn1)c1csc([N+](=O)[O-])c1. The van der Waals surface area contributed by atoms with Crippen molar-refractivity contribution in [2.24, 2.45) is 0 Å². The van der Waals surface area contributed by atoms with E-state index in [0.29, 0.717) is 5.82 Å². The van der Waals surface area contributed by atoms with Gasteiger partial charge in [-0.3, -0.25) is 14.9 Å². The first-order valence-corrected chi connectivity index (χ1v) is 8.27. The van der Waals surface area contributed by atoms with E-state index in [-0.39, 0.29) is 10.6 Å². The van der Waals surface area contributed by atoms with Crippen molar-refractivity contribution in [2.45, 2.75) is 19.3 Å². The van der Waals surface area contributed by atoms with Crippen LogP contribution >= 0.6 is 11.3 Å². The lowest BCUT2D eigenvalue weighted by Crippen LogP contribution is -2.29. The number of nitrogens with zero attached hydrogens (tertiary/aromatic N) is 3. The molecule has 0 aromatic carbocycles. The maximum Gasteiger partial charge on any atom is 0.324 e. The lowest BCUT2D eigenvalue weighted by molar-refractivity contribution is -0.380. The summed E-state index contributed by atoms with van der Waals surface area (Å²) in [4.78, 5) is 28.7. The van der Waals surface area contributed by atoms with Gasteiger partial charge in [0.05, 0.1) is 22.4 Å². The number of nitro groups is 1. The molecule has 2 aromatic heterocycles. The molecule has 3 rings (SSSR count). The largest absolute Gasteiger partial charge is 0.370 e. The fourth-order valence-electron chi connectivity index (χ4n) is 2.53. The quantitative estimate of drug-likeness (QED) is 0.685.